The predicted molar refractivity (Wildman–Crippen MR) is 89.8 cm³/mol. The Balaban J connectivity index is 2.00. The number of hydrogen-bond donors (Lipinski definition) is 0. The summed E-state index contributed by atoms with van der Waals surface area (Å²) in [7, 11) is 0. The number of rotatable bonds is 7. The number of unbranched alkanes of at least 4 members (excludes halogenated alkanes) is 2. The maximum absolute atomic E-state index is 14.1. The summed E-state index contributed by atoms with van der Waals surface area (Å²) in [4.78, 5) is 11.6. The molecule has 3 heteroatoms. The SMILES string of the molecule is CCCCCC1CCC(c2cc(F)c(C(=O)CC)c(F)c2)CC1. The van der Waals surface area contributed by atoms with Crippen LogP contribution in [0.3, 0.4) is 0 Å². The topological polar surface area (TPSA) is 17.1 Å². The number of hydrogen-bond acceptors (Lipinski definition) is 1. The van der Waals surface area contributed by atoms with Gasteiger partial charge in [-0.05, 0) is 55.2 Å². The van der Waals surface area contributed by atoms with Gasteiger partial charge in [-0.25, -0.2) is 8.78 Å². The minimum absolute atomic E-state index is 0.121. The summed E-state index contributed by atoms with van der Waals surface area (Å²) in [5.74, 6) is -0.860. The number of carbonyl (C=O) groups excluding carboxylic acids is 1. The van der Waals surface area contributed by atoms with Crippen LogP contribution in [-0.4, -0.2) is 5.78 Å². The first-order valence-electron chi connectivity index (χ1n) is 9.08. The fourth-order valence-corrected chi connectivity index (χ4v) is 3.74. The summed E-state index contributed by atoms with van der Waals surface area (Å²) >= 11 is 0. The largest absolute Gasteiger partial charge is 0.294 e. The van der Waals surface area contributed by atoms with E-state index < -0.39 is 17.4 Å². The first kappa shape index (κ1) is 18.1. The van der Waals surface area contributed by atoms with Crippen LogP contribution in [0.4, 0.5) is 8.78 Å². The van der Waals surface area contributed by atoms with E-state index in [1.807, 2.05) is 0 Å². The molecular weight excluding hydrogens is 294 g/mol. The number of carbonyl (C=O) groups is 1. The maximum Gasteiger partial charge on any atom is 0.168 e. The van der Waals surface area contributed by atoms with Gasteiger partial charge in [0.1, 0.15) is 11.6 Å². The molecule has 0 bridgehead atoms. The first-order chi connectivity index (χ1) is 11.1. The summed E-state index contributed by atoms with van der Waals surface area (Å²) in [5, 5.41) is 0. The molecule has 0 radical (unpaired) electrons. The Bertz CT molecular complexity index is 507. The Labute approximate surface area is 138 Å². The van der Waals surface area contributed by atoms with E-state index >= 15 is 0 Å². The second-order valence-corrected chi connectivity index (χ2v) is 6.85. The molecule has 0 N–H and O–H groups in total. The van der Waals surface area contributed by atoms with Gasteiger partial charge in [-0.1, -0.05) is 39.5 Å². The Morgan fingerprint density at radius 1 is 1.04 bits per heavy atom. The molecule has 128 valence electrons. The van der Waals surface area contributed by atoms with Crippen molar-refractivity contribution in [3.8, 4) is 0 Å². The van der Waals surface area contributed by atoms with Crippen LogP contribution >= 0.6 is 0 Å². The van der Waals surface area contributed by atoms with Crippen molar-refractivity contribution < 1.29 is 13.6 Å². The van der Waals surface area contributed by atoms with Crippen molar-refractivity contribution in [1.29, 1.82) is 0 Å². The van der Waals surface area contributed by atoms with Crippen molar-refractivity contribution in [3.05, 3.63) is 34.9 Å². The summed E-state index contributed by atoms with van der Waals surface area (Å²) in [6.45, 7) is 3.84. The van der Waals surface area contributed by atoms with Crippen LogP contribution in [0.15, 0.2) is 12.1 Å². The lowest BCUT2D eigenvalue weighted by molar-refractivity contribution is 0.0980. The van der Waals surface area contributed by atoms with Crippen LogP contribution in [0.5, 0.6) is 0 Å². The Morgan fingerprint density at radius 2 is 1.65 bits per heavy atom. The third-order valence-corrected chi connectivity index (χ3v) is 5.20. The third kappa shape index (κ3) is 4.62. The van der Waals surface area contributed by atoms with Gasteiger partial charge in [0.2, 0.25) is 0 Å². The van der Waals surface area contributed by atoms with Gasteiger partial charge in [0, 0.05) is 6.42 Å². The van der Waals surface area contributed by atoms with Crippen LogP contribution in [0.2, 0.25) is 0 Å². The van der Waals surface area contributed by atoms with Gasteiger partial charge >= 0.3 is 0 Å². The number of ketones is 1. The van der Waals surface area contributed by atoms with Gasteiger partial charge in [-0.3, -0.25) is 4.79 Å². The molecule has 1 aromatic rings. The van der Waals surface area contributed by atoms with Crippen molar-refractivity contribution >= 4 is 5.78 Å². The zero-order valence-electron chi connectivity index (χ0n) is 14.3. The average molecular weight is 322 g/mol. The highest BCUT2D eigenvalue weighted by molar-refractivity contribution is 5.96. The van der Waals surface area contributed by atoms with Crippen LogP contribution in [0, 0.1) is 17.6 Å². The highest BCUT2D eigenvalue weighted by Gasteiger charge is 2.25. The van der Waals surface area contributed by atoms with Crippen molar-refractivity contribution in [1.82, 2.24) is 0 Å². The lowest BCUT2D eigenvalue weighted by Crippen LogP contribution is -2.15. The lowest BCUT2D eigenvalue weighted by atomic mass is 9.77. The molecule has 0 saturated heterocycles. The maximum atomic E-state index is 14.1. The van der Waals surface area contributed by atoms with Crippen LogP contribution in [0.25, 0.3) is 0 Å². The molecule has 1 aliphatic carbocycles. The molecule has 1 aliphatic rings. The van der Waals surface area contributed by atoms with Crippen LogP contribution in [0.1, 0.15) is 93.5 Å². The second-order valence-electron chi connectivity index (χ2n) is 6.85. The van der Waals surface area contributed by atoms with Crippen LogP contribution < -0.4 is 0 Å². The van der Waals surface area contributed by atoms with Crippen LogP contribution in [-0.2, 0) is 0 Å². The van der Waals surface area contributed by atoms with Gasteiger partial charge in [-0.2, -0.15) is 0 Å². The zero-order valence-corrected chi connectivity index (χ0v) is 14.3. The molecule has 0 heterocycles. The molecule has 0 aliphatic heterocycles. The minimum atomic E-state index is -0.697. The third-order valence-electron chi connectivity index (χ3n) is 5.20. The second kappa shape index (κ2) is 8.56. The molecule has 1 fully saturated rings. The van der Waals surface area contributed by atoms with Gasteiger partial charge in [0.15, 0.2) is 5.78 Å². The molecule has 0 amide bonds. The van der Waals surface area contributed by atoms with Gasteiger partial charge in [0.25, 0.3) is 0 Å². The Kier molecular flexibility index (Phi) is 6.73. The molecule has 1 aromatic carbocycles. The van der Waals surface area contributed by atoms with Gasteiger partial charge in [-0.15, -0.1) is 0 Å². The predicted octanol–water partition coefficient (Wildman–Crippen LogP) is 6.41. The van der Waals surface area contributed by atoms with E-state index in [1.54, 1.807) is 6.92 Å². The summed E-state index contributed by atoms with van der Waals surface area (Å²) in [6, 6.07) is 2.77. The van der Waals surface area contributed by atoms with Crippen molar-refractivity contribution in [2.75, 3.05) is 0 Å². The molecule has 2 rings (SSSR count). The Morgan fingerprint density at radius 3 is 2.17 bits per heavy atom. The average Bonchev–Trinajstić information content (AvgIpc) is 2.54. The quantitative estimate of drug-likeness (QED) is 0.418. The van der Waals surface area contributed by atoms with E-state index in [2.05, 4.69) is 6.92 Å². The monoisotopic (exact) mass is 322 g/mol. The highest BCUT2D eigenvalue weighted by Crippen LogP contribution is 2.38. The molecule has 1 saturated carbocycles. The molecule has 23 heavy (non-hydrogen) atoms. The van der Waals surface area contributed by atoms with E-state index in [9.17, 15) is 13.6 Å². The number of halogens is 2. The molecule has 0 aromatic heterocycles. The lowest BCUT2D eigenvalue weighted by Gasteiger charge is -2.29. The summed E-state index contributed by atoms with van der Waals surface area (Å²) in [6.07, 6.45) is 9.53. The normalized spacial score (nSPS) is 21.4. The smallest absolute Gasteiger partial charge is 0.168 e. The van der Waals surface area contributed by atoms with Gasteiger partial charge in [0.05, 0.1) is 5.56 Å². The van der Waals surface area contributed by atoms with Crippen molar-refractivity contribution in [2.24, 2.45) is 5.92 Å². The van der Waals surface area contributed by atoms with Crippen molar-refractivity contribution in [2.45, 2.75) is 77.6 Å². The fraction of sp³-hybridized carbons (Fsp3) is 0.650. The van der Waals surface area contributed by atoms with Gasteiger partial charge < -0.3 is 0 Å². The molecule has 0 spiro atoms. The first-order valence-corrected chi connectivity index (χ1v) is 9.08. The standard InChI is InChI=1S/C20H28F2O/c1-3-5-6-7-14-8-10-15(11-9-14)16-12-17(21)20(18(22)13-16)19(23)4-2/h12-15H,3-11H2,1-2H3. The fourth-order valence-electron chi connectivity index (χ4n) is 3.74. The van der Waals surface area contributed by atoms with E-state index in [4.69, 9.17) is 0 Å². The highest BCUT2D eigenvalue weighted by atomic mass is 19.1. The molecule has 0 atom stereocenters. The van der Waals surface area contributed by atoms with E-state index in [0.29, 0.717) is 0 Å². The van der Waals surface area contributed by atoms with E-state index in [-0.39, 0.29) is 17.9 Å². The molecular formula is C20H28F2O. The van der Waals surface area contributed by atoms with Crippen molar-refractivity contribution in [3.63, 3.8) is 0 Å². The zero-order chi connectivity index (χ0) is 16.8. The molecule has 1 nitrogen and oxygen atoms in total. The summed E-state index contributed by atoms with van der Waals surface area (Å²) < 4.78 is 28.2. The van der Waals surface area contributed by atoms with E-state index in [1.165, 1.54) is 37.8 Å². The minimum Gasteiger partial charge on any atom is -0.294 e. The Hall–Kier alpha value is -1.25. The molecule has 0 unspecified atom stereocenters. The summed E-state index contributed by atoms with van der Waals surface area (Å²) in [5.41, 5.74) is 0.351. The van der Waals surface area contributed by atoms with E-state index in [0.717, 1.165) is 37.2 Å². The number of benzene rings is 1. The number of Topliss-reactive ketones (excluding diaryl/α,β-unsaturated/α-hetero) is 1.